The Balaban J connectivity index is 1.43. The molecule has 3 aromatic rings. The van der Waals surface area contributed by atoms with Gasteiger partial charge in [-0.25, -0.2) is 9.59 Å². The number of alkyl carbamates (subject to hydrolysis) is 1. The predicted octanol–water partition coefficient (Wildman–Crippen LogP) is 6.17. The smallest absolute Gasteiger partial charge is 0.407 e. The van der Waals surface area contributed by atoms with E-state index in [2.05, 4.69) is 54.6 Å². The van der Waals surface area contributed by atoms with Crippen LogP contribution in [0.2, 0.25) is 0 Å². The van der Waals surface area contributed by atoms with Crippen molar-refractivity contribution in [3.8, 4) is 11.1 Å². The molecule has 180 valence electrons. The zero-order chi connectivity index (χ0) is 25.1. The third-order valence-corrected chi connectivity index (χ3v) is 6.98. The van der Waals surface area contributed by atoms with Crippen LogP contribution in [0.25, 0.3) is 11.1 Å². The average molecular weight is 602 g/mol. The zero-order valence-electron chi connectivity index (χ0n) is 18.7. The van der Waals surface area contributed by atoms with E-state index in [9.17, 15) is 19.5 Å². The Morgan fingerprint density at radius 3 is 2.17 bits per heavy atom. The number of hydrogen-bond donors (Lipinski definition) is 3. The Morgan fingerprint density at radius 1 is 1.00 bits per heavy atom. The number of ether oxygens (including phenoxy) is 1. The van der Waals surface area contributed by atoms with Crippen molar-refractivity contribution in [2.45, 2.75) is 25.3 Å². The molecule has 0 bridgehead atoms. The van der Waals surface area contributed by atoms with E-state index in [4.69, 9.17) is 4.74 Å². The third-order valence-electron chi connectivity index (χ3n) is 5.89. The fourth-order valence-electron chi connectivity index (χ4n) is 4.21. The lowest BCUT2D eigenvalue weighted by atomic mass is 9.98. The molecule has 0 aliphatic heterocycles. The molecule has 1 atom stereocenters. The monoisotopic (exact) mass is 600 g/mol. The second kappa shape index (κ2) is 10.6. The summed E-state index contributed by atoms with van der Waals surface area (Å²) in [6.45, 7) is 1.86. The molecule has 0 spiro atoms. The van der Waals surface area contributed by atoms with Crippen LogP contribution in [0.3, 0.4) is 0 Å². The maximum atomic E-state index is 12.9. The number of anilines is 1. The second-order valence-electron chi connectivity index (χ2n) is 8.04. The SMILES string of the molecule is CCC(NC(=O)OCC1c2ccccc2-c2ccccc21)C(=O)Nc1c(Br)cc(Br)cc1C(=O)O. The minimum Gasteiger partial charge on any atom is -0.478 e. The predicted molar refractivity (Wildman–Crippen MR) is 140 cm³/mol. The number of nitrogens with one attached hydrogen (secondary N) is 2. The van der Waals surface area contributed by atoms with Crippen LogP contribution in [0, 0.1) is 0 Å². The minimum atomic E-state index is -1.19. The fraction of sp³-hybridized carbons (Fsp3) is 0.192. The molecule has 1 unspecified atom stereocenters. The lowest BCUT2D eigenvalue weighted by molar-refractivity contribution is -0.118. The number of hydrogen-bond acceptors (Lipinski definition) is 4. The maximum absolute atomic E-state index is 12.9. The molecule has 3 N–H and O–H groups in total. The van der Waals surface area contributed by atoms with Crippen molar-refractivity contribution in [3.63, 3.8) is 0 Å². The highest BCUT2D eigenvalue weighted by Gasteiger charge is 2.30. The normalized spacial score (nSPS) is 12.9. The van der Waals surface area contributed by atoms with Crippen LogP contribution in [0.1, 0.15) is 40.7 Å². The van der Waals surface area contributed by atoms with Crippen LogP contribution in [-0.4, -0.2) is 35.7 Å². The summed E-state index contributed by atoms with van der Waals surface area (Å²) in [6.07, 6.45) is -0.436. The van der Waals surface area contributed by atoms with E-state index in [0.717, 1.165) is 22.3 Å². The van der Waals surface area contributed by atoms with Crippen molar-refractivity contribution in [3.05, 3.63) is 86.3 Å². The standard InChI is InChI=1S/C26H22Br2N2O5/c1-2-22(24(31)30-23-19(25(32)33)11-14(27)12-21(23)28)29-26(34)35-13-20-17-9-5-3-7-15(17)16-8-4-6-10-18(16)20/h3-12,20,22H,2,13H2,1H3,(H,29,34)(H,30,31)(H,32,33). The van der Waals surface area contributed by atoms with Crippen molar-refractivity contribution in [2.75, 3.05) is 11.9 Å². The summed E-state index contributed by atoms with van der Waals surface area (Å²) >= 11 is 6.53. The third kappa shape index (κ3) is 5.26. The zero-order valence-corrected chi connectivity index (χ0v) is 21.9. The molecule has 35 heavy (non-hydrogen) atoms. The van der Waals surface area contributed by atoms with E-state index >= 15 is 0 Å². The largest absolute Gasteiger partial charge is 0.478 e. The number of carboxylic acid groups (broad SMARTS) is 1. The van der Waals surface area contributed by atoms with Gasteiger partial charge in [-0.2, -0.15) is 0 Å². The number of carboxylic acids is 1. The second-order valence-corrected chi connectivity index (χ2v) is 9.81. The quantitative estimate of drug-likeness (QED) is 0.301. The summed E-state index contributed by atoms with van der Waals surface area (Å²) in [6, 6.07) is 18.1. The highest BCUT2D eigenvalue weighted by molar-refractivity contribution is 9.11. The molecule has 3 aromatic carbocycles. The van der Waals surface area contributed by atoms with Gasteiger partial charge in [-0.3, -0.25) is 4.79 Å². The van der Waals surface area contributed by atoms with Crippen molar-refractivity contribution in [1.29, 1.82) is 0 Å². The van der Waals surface area contributed by atoms with Crippen LogP contribution in [0.15, 0.2) is 69.6 Å². The van der Waals surface area contributed by atoms with Crippen LogP contribution in [0.4, 0.5) is 10.5 Å². The van der Waals surface area contributed by atoms with Gasteiger partial charge in [0.15, 0.2) is 0 Å². The van der Waals surface area contributed by atoms with E-state index in [0.29, 0.717) is 8.95 Å². The highest BCUT2D eigenvalue weighted by Crippen LogP contribution is 2.44. The van der Waals surface area contributed by atoms with Crippen molar-refractivity contribution < 1.29 is 24.2 Å². The molecule has 0 aromatic heterocycles. The summed E-state index contributed by atoms with van der Waals surface area (Å²) in [4.78, 5) is 37.1. The van der Waals surface area contributed by atoms with Gasteiger partial charge < -0.3 is 20.5 Å². The van der Waals surface area contributed by atoms with Gasteiger partial charge in [-0.05, 0) is 56.7 Å². The maximum Gasteiger partial charge on any atom is 0.407 e. The molecule has 7 nitrogen and oxygen atoms in total. The molecule has 0 saturated heterocycles. The lowest BCUT2D eigenvalue weighted by Gasteiger charge is -2.20. The molecule has 2 amide bonds. The Hall–Kier alpha value is -3.17. The molecule has 0 heterocycles. The van der Waals surface area contributed by atoms with Gasteiger partial charge in [0, 0.05) is 14.9 Å². The van der Waals surface area contributed by atoms with Crippen LogP contribution in [0.5, 0.6) is 0 Å². The van der Waals surface area contributed by atoms with Gasteiger partial charge in [0.1, 0.15) is 12.6 Å². The summed E-state index contributed by atoms with van der Waals surface area (Å²) in [5.41, 5.74) is 4.45. The molecule has 1 aliphatic carbocycles. The molecule has 0 radical (unpaired) electrons. The van der Waals surface area contributed by atoms with E-state index in [-0.39, 0.29) is 30.2 Å². The van der Waals surface area contributed by atoms with E-state index < -0.39 is 24.0 Å². The molecule has 0 saturated carbocycles. The van der Waals surface area contributed by atoms with E-state index in [1.54, 1.807) is 13.0 Å². The number of halogens is 2. The number of rotatable bonds is 7. The first-order valence-electron chi connectivity index (χ1n) is 10.9. The fourth-order valence-corrected chi connectivity index (χ4v) is 5.54. The molecule has 9 heteroatoms. The first-order valence-corrected chi connectivity index (χ1v) is 12.5. The topological polar surface area (TPSA) is 105 Å². The Labute approximate surface area is 219 Å². The Morgan fingerprint density at radius 2 is 1.60 bits per heavy atom. The summed E-state index contributed by atoms with van der Waals surface area (Å²) in [7, 11) is 0. The van der Waals surface area contributed by atoms with Gasteiger partial charge in [0.05, 0.1) is 11.3 Å². The van der Waals surface area contributed by atoms with Gasteiger partial charge in [-0.15, -0.1) is 0 Å². The average Bonchev–Trinajstić information content (AvgIpc) is 3.16. The molecule has 4 rings (SSSR count). The van der Waals surface area contributed by atoms with Gasteiger partial charge in [0.2, 0.25) is 5.91 Å². The van der Waals surface area contributed by atoms with Gasteiger partial charge >= 0.3 is 12.1 Å². The highest BCUT2D eigenvalue weighted by atomic mass is 79.9. The molecular weight excluding hydrogens is 580 g/mol. The minimum absolute atomic E-state index is 0.0874. The summed E-state index contributed by atoms with van der Waals surface area (Å²) < 4.78 is 6.48. The number of amides is 2. The number of carbonyl (C=O) groups is 3. The molecule has 0 fully saturated rings. The van der Waals surface area contributed by atoms with Gasteiger partial charge in [-0.1, -0.05) is 71.4 Å². The number of benzene rings is 3. The molecule has 1 aliphatic rings. The van der Waals surface area contributed by atoms with Crippen molar-refractivity contribution in [1.82, 2.24) is 5.32 Å². The van der Waals surface area contributed by atoms with Gasteiger partial charge in [0.25, 0.3) is 0 Å². The molecular formula is C26H22Br2N2O5. The summed E-state index contributed by atoms with van der Waals surface area (Å²) in [5.74, 6) is -1.84. The Bertz CT molecular complexity index is 1270. The first kappa shape index (κ1) is 24.9. The Kier molecular flexibility index (Phi) is 7.57. The van der Waals surface area contributed by atoms with E-state index in [1.165, 1.54) is 6.07 Å². The van der Waals surface area contributed by atoms with Crippen LogP contribution < -0.4 is 10.6 Å². The van der Waals surface area contributed by atoms with Crippen LogP contribution in [-0.2, 0) is 9.53 Å². The van der Waals surface area contributed by atoms with Crippen molar-refractivity contribution >= 4 is 55.5 Å². The number of aromatic carboxylic acids is 1. The number of fused-ring (bicyclic) bond motifs is 3. The first-order chi connectivity index (χ1) is 16.8. The van der Waals surface area contributed by atoms with Crippen molar-refractivity contribution in [2.24, 2.45) is 0 Å². The van der Waals surface area contributed by atoms with Crippen LogP contribution >= 0.6 is 31.9 Å². The van der Waals surface area contributed by atoms with E-state index in [1.807, 2.05) is 36.4 Å². The lowest BCUT2D eigenvalue weighted by Crippen LogP contribution is -2.44. The number of carbonyl (C=O) groups excluding carboxylic acids is 2. The summed E-state index contributed by atoms with van der Waals surface area (Å²) in [5, 5.41) is 14.7.